The summed E-state index contributed by atoms with van der Waals surface area (Å²) in [4.78, 5) is 20.3. The number of hydrogen-bond acceptors (Lipinski definition) is 4. The second kappa shape index (κ2) is 5.38. The molecule has 3 rings (SSSR count). The predicted molar refractivity (Wildman–Crippen MR) is 83.4 cm³/mol. The normalized spacial score (nSPS) is 10.5. The van der Waals surface area contributed by atoms with Crippen molar-refractivity contribution in [2.24, 2.45) is 0 Å². The van der Waals surface area contributed by atoms with E-state index >= 15 is 0 Å². The van der Waals surface area contributed by atoms with Crippen LogP contribution in [0.3, 0.4) is 0 Å². The zero-order valence-corrected chi connectivity index (χ0v) is 11.6. The fourth-order valence-electron chi connectivity index (χ4n) is 1.99. The molecule has 0 saturated heterocycles. The largest absolute Gasteiger partial charge is 0.384 e. The number of hydrogen-bond donors (Lipinski definition) is 2. The monoisotopic (exact) mass is 298 g/mol. The number of carbonyl (C=O) groups excluding carboxylic acids is 1. The number of amides is 1. The molecule has 0 fully saturated rings. The smallest absolute Gasteiger partial charge is 0.255 e. The first-order valence-electron chi connectivity index (χ1n) is 6.21. The number of rotatable bonds is 2. The van der Waals surface area contributed by atoms with Crippen LogP contribution in [0.2, 0.25) is 5.15 Å². The van der Waals surface area contributed by atoms with Crippen LogP contribution in [0.5, 0.6) is 0 Å². The van der Waals surface area contributed by atoms with Crippen molar-refractivity contribution in [1.29, 1.82) is 0 Å². The lowest BCUT2D eigenvalue weighted by molar-refractivity contribution is 0.102. The molecule has 21 heavy (non-hydrogen) atoms. The Balaban J connectivity index is 1.88. The number of nitrogens with zero attached hydrogens (tertiary/aromatic N) is 2. The summed E-state index contributed by atoms with van der Waals surface area (Å²) in [5.41, 5.74) is 7.39. The molecule has 2 heterocycles. The summed E-state index contributed by atoms with van der Waals surface area (Å²) >= 11 is 5.79. The summed E-state index contributed by atoms with van der Waals surface area (Å²) in [5, 5.41) is 3.89. The van der Waals surface area contributed by atoms with Gasteiger partial charge in [-0.2, -0.15) is 0 Å². The topological polar surface area (TPSA) is 80.9 Å². The summed E-state index contributed by atoms with van der Waals surface area (Å²) in [6, 6.07) is 12.4. The molecule has 3 N–H and O–H groups in total. The SMILES string of the molecule is Nc1cc(C(=O)Nc2cnc3ccccc3c2)cc(Cl)n1. The third-order valence-corrected chi connectivity index (χ3v) is 3.12. The molecule has 1 aromatic carbocycles. The Kier molecular flexibility index (Phi) is 3.41. The van der Waals surface area contributed by atoms with Crippen LogP contribution in [0.15, 0.2) is 48.7 Å². The molecule has 0 aliphatic carbocycles. The van der Waals surface area contributed by atoms with Gasteiger partial charge in [-0.15, -0.1) is 0 Å². The Hall–Kier alpha value is -2.66. The van der Waals surface area contributed by atoms with E-state index in [0.29, 0.717) is 11.3 Å². The highest BCUT2D eigenvalue weighted by molar-refractivity contribution is 6.30. The number of anilines is 2. The van der Waals surface area contributed by atoms with E-state index in [1.54, 1.807) is 6.20 Å². The quantitative estimate of drug-likeness (QED) is 0.712. The highest BCUT2D eigenvalue weighted by Crippen LogP contribution is 2.18. The molecule has 0 saturated carbocycles. The maximum absolute atomic E-state index is 12.2. The van der Waals surface area contributed by atoms with E-state index in [4.69, 9.17) is 17.3 Å². The Morgan fingerprint density at radius 1 is 1.19 bits per heavy atom. The minimum absolute atomic E-state index is 0.178. The summed E-state index contributed by atoms with van der Waals surface area (Å²) in [7, 11) is 0. The zero-order valence-electron chi connectivity index (χ0n) is 10.9. The van der Waals surface area contributed by atoms with E-state index in [1.165, 1.54) is 12.1 Å². The van der Waals surface area contributed by atoms with Gasteiger partial charge in [0, 0.05) is 10.9 Å². The molecule has 0 radical (unpaired) electrons. The number of pyridine rings is 2. The van der Waals surface area contributed by atoms with Crippen molar-refractivity contribution in [2.75, 3.05) is 11.1 Å². The summed E-state index contributed by atoms with van der Waals surface area (Å²) in [5.74, 6) is -0.118. The second-order valence-corrected chi connectivity index (χ2v) is 4.86. The number of aromatic nitrogens is 2. The first-order valence-corrected chi connectivity index (χ1v) is 6.59. The number of nitrogens with two attached hydrogens (primary N) is 1. The molecule has 0 atom stereocenters. The van der Waals surface area contributed by atoms with Gasteiger partial charge in [0.1, 0.15) is 11.0 Å². The number of nitrogen functional groups attached to an aromatic ring is 1. The summed E-state index contributed by atoms with van der Waals surface area (Å²) in [6.07, 6.45) is 1.60. The van der Waals surface area contributed by atoms with Crippen LogP contribution in [-0.4, -0.2) is 15.9 Å². The number of benzene rings is 1. The van der Waals surface area contributed by atoms with Gasteiger partial charge in [0.2, 0.25) is 0 Å². The molecule has 0 aliphatic rings. The van der Waals surface area contributed by atoms with Crippen molar-refractivity contribution in [3.63, 3.8) is 0 Å². The molecule has 1 amide bonds. The van der Waals surface area contributed by atoms with Gasteiger partial charge in [0.25, 0.3) is 5.91 Å². The Morgan fingerprint density at radius 3 is 2.81 bits per heavy atom. The molecule has 5 nitrogen and oxygen atoms in total. The molecule has 0 unspecified atom stereocenters. The zero-order chi connectivity index (χ0) is 14.8. The Morgan fingerprint density at radius 2 is 2.00 bits per heavy atom. The van der Waals surface area contributed by atoms with Crippen molar-refractivity contribution in [3.05, 3.63) is 59.4 Å². The van der Waals surface area contributed by atoms with Gasteiger partial charge in [-0.1, -0.05) is 29.8 Å². The first-order chi connectivity index (χ1) is 10.1. The van der Waals surface area contributed by atoms with Crippen LogP contribution in [0.1, 0.15) is 10.4 Å². The molecule has 0 spiro atoms. The van der Waals surface area contributed by atoms with Gasteiger partial charge in [0.15, 0.2) is 0 Å². The molecule has 2 aromatic heterocycles. The Bertz CT molecular complexity index is 815. The Labute approximate surface area is 125 Å². The number of para-hydroxylation sites is 1. The van der Waals surface area contributed by atoms with E-state index in [9.17, 15) is 4.79 Å². The predicted octanol–water partition coefficient (Wildman–Crippen LogP) is 3.12. The van der Waals surface area contributed by atoms with Gasteiger partial charge < -0.3 is 11.1 Å². The molecule has 0 aliphatic heterocycles. The molecule has 6 heteroatoms. The van der Waals surface area contributed by atoms with Gasteiger partial charge >= 0.3 is 0 Å². The third kappa shape index (κ3) is 2.93. The standard InChI is InChI=1S/C15H11ClN4O/c16-13-6-10(7-14(17)20-13)15(21)19-11-5-9-3-1-2-4-12(9)18-8-11/h1-8H,(H2,17,20)(H,19,21). The van der Waals surface area contributed by atoms with E-state index in [2.05, 4.69) is 15.3 Å². The minimum atomic E-state index is -0.317. The van der Waals surface area contributed by atoms with Gasteiger partial charge in [-0.3, -0.25) is 9.78 Å². The molecule has 0 bridgehead atoms. The highest BCUT2D eigenvalue weighted by Gasteiger charge is 2.09. The number of nitrogens with one attached hydrogen (secondary N) is 1. The van der Waals surface area contributed by atoms with Crippen molar-refractivity contribution in [1.82, 2.24) is 9.97 Å². The second-order valence-electron chi connectivity index (χ2n) is 4.47. The van der Waals surface area contributed by atoms with Crippen molar-refractivity contribution >= 4 is 39.9 Å². The average Bonchev–Trinajstić information content (AvgIpc) is 2.46. The molecule has 3 aromatic rings. The summed E-state index contributed by atoms with van der Waals surface area (Å²) < 4.78 is 0. The lowest BCUT2D eigenvalue weighted by atomic mass is 10.2. The van der Waals surface area contributed by atoms with E-state index in [1.807, 2.05) is 30.3 Å². The van der Waals surface area contributed by atoms with Crippen molar-refractivity contribution in [3.8, 4) is 0 Å². The lowest BCUT2D eigenvalue weighted by Gasteiger charge is -2.07. The fourth-order valence-corrected chi connectivity index (χ4v) is 2.21. The number of halogens is 1. The number of carbonyl (C=O) groups is 1. The molecular formula is C15H11ClN4O. The van der Waals surface area contributed by atoms with Crippen LogP contribution >= 0.6 is 11.6 Å². The number of fused-ring (bicyclic) bond motifs is 1. The van der Waals surface area contributed by atoms with Crippen LogP contribution in [0.25, 0.3) is 10.9 Å². The van der Waals surface area contributed by atoms with E-state index in [0.717, 1.165) is 10.9 Å². The van der Waals surface area contributed by atoms with Crippen LogP contribution in [0, 0.1) is 0 Å². The van der Waals surface area contributed by atoms with Crippen LogP contribution in [0.4, 0.5) is 11.5 Å². The lowest BCUT2D eigenvalue weighted by Crippen LogP contribution is -2.13. The third-order valence-electron chi connectivity index (χ3n) is 2.92. The van der Waals surface area contributed by atoms with Gasteiger partial charge in [0.05, 0.1) is 17.4 Å². The first kappa shape index (κ1) is 13.3. The van der Waals surface area contributed by atoms with Gasteiger partial charge in [-0.25, -0.2) is 4.98 Å². The fraction of sp³-hybridized carbons (Fsp3) is 0. The molecule has 104 valence electrons. The van der Waals surface area contributed by atoms with E-state index in [-0.39, 0.29) is 16.9 Å². The van der Waals surface area contributed by atoms with Crippen molar-refractivity contribution in [2.45, 2.75) is 0 Å². The van der Waals surface area contributed by atoms with Crippen molar-refractivity contribution < 1.29 is 4.79 Å². The van der Waals surface area contributed by atoms with E-state index < -0.39 is 0 Å². The minimum Gasteiger partial charge on any atom is -0.384 e. The average molecular weight is 299 g/mol. The van der Waals surface area contributed by atoms with Gasteiger partial charge in [-0.05, 0) is 24.3 Å². The van der Waals surface area contributed by atoms with Crippen LogP contribution in [-0.2, 0) is 0 Å². The molecular weight excluding hydrogens is 288 g/mol. The highest BCUT2D eigenvalue weighted by atomic mass is 35.5. The van der Waals surface area contributed by atoms with Crippen LogP contribution < -0.4 is 11.1 Å². The maximum atomic E-state index is 12.2. The maximum Gasteiger partial charge on any atom is 0.255 e. The summed E-state index contributed by atoms with van der Waals surface area (Å²) in [6.45, 7) is 0.